The van der Waals surface area contributed by atoms with Crippen molar-refractivity contribution < 1.29 is 48.0 Å². The van der Waals surface area contributed by atoms with Crippen LogP contribution in [0.3, 0.4) is 0 Å². The molecule has 2 heterocycles. The maximum atomic E-state index is 13.9. The Bertz CT molecular complexity index is 1990. The highest BCUT2D eigenvalue weighted by Crippen LogP contribution is 2.47. The van der Waals surface area contributed by atoms with Crippen molar-refractivity contribution in [3.05, 3.63) is 125 Å². The van der Waals surface area contributed by atoms with Crippen LogP contribution in [-0.2, 0) is 43.9 Å². The highest BCUT2D eigenvalue weighted by atomic mass is 16.8. The minimum absolute atomic E-state index is 0.00444. The molecule has 0 spiro atoms. The number of carbonyl (C=O) groups excluding carboxylic acids is 4. The van der Waals surface area contributed by atoms with Crippen molar-refractivity contribution in [1.82, 2.24) is 10.6 Å². The van der Waals surface area contributed by atoms with Crippen LogP contribution < -0.4 is 10.6 Å². The number of aliphatic hydroxyl groups is 1. The third-order valence-electron chi connectivity index (χ3n) is 11.0. The van der Waals surface area contributed by atoms with Crippen LogP contribution in [-0.4, -0.2) is 84.2 Å². The lowest BCUT2D eigenvalue weighted by atomic mass is 9.88. The first kappa shape index (κ1) is 42.0. The van der Waals surface area contributed by atoms with Crippen molar-refractivity contribution in [1.29, 1.82) is 0 Å². The average Bonchev–Trinajstić information content (AvgIpc) is 3.90. The number of amides is 2. The molecule has 59 heavy (non-hydrogen) atoms. The molecule has 312 valence electrons. The number of epoxide rings is 1. The summed E-state index contributed by atoms with van der Waals surface area (Å²) in [7, 11) is 0. The first-order chi connectivity index (χ1) is 28.4. The lowest BCUT2D eigenvalue weighted by Gasteiger charge is -2.31. The summed E-state index contributed by atoms with van der Waals surface area (Å²) in [6.45, 7) is 4.94. The van der Waals surface area contributed by atoms with E-state index in [0.717, 1.165) is 36.0 Å². The summed E-state index contributed by atoms with van der Waals surface area (Å²) in [5.41, 5.74) is 2.41. The van der Waals surface area contributed by atoms with E-state index >= 15 is 0 Å². The largest absolute Gasteiger partial charge is 0.460 e. The Hall–Kier alpha value is -5.14. The van der Waals surface area contributed by atoms with Crippen LogP contribution in [0.4, 0.5) is 0 Å². The monoisotopic (exact) mass is 806 g/mol. The zero-order chi connectivity index (χ0) is 41.6. The average molecular weight is 807 g/mol. The second-order valence-corrected chi connectivity index (χ2v) is 16.7. The van der Waals surface area contributed by atoms with Crippen LogP contribution in [0.2, 0.25) is 0 Å². The van der Waals surface area contributed by atoms with Crippen LogP contribution in [0, 0.1) is 5.92 Å². The Kier molecular flexibility index (Phi) is 13.1. The van der Waals surface area contributed by atoms with Gasteiger partial charge in [0.1, 0.15) is 23.9 Å². The van der Waals surface area contributed by atoms with E-state index < -0.39 is 59.5 Å². The highest BCUT2D eigenvalue weighted by Gasteiger charge is 2.55. The van der Waals surface area contributed by atoms with Gasteiger partial charge in [0, 0.05) is 42.5 Å². The number of ether oxygens (including phenoxy) is 5. The van der Waals surface area contributed by atoms with E-state index in [1.165, 1.54) is 0 Å². The van der Waals surface area contributed by atoms with Crippen molar-refractivity contribution in [2.75, 3.05) is 13.2 Å². The lowest BCUT2D eigenvalue weighted by Crippen LogP contribution is -2.44. The predicted molar refractivity (Wildman–Crippen MR) is 219 cm³/mol. The molecule has 3 fully saturated rings. The molecule has 0 bridgehead atoms. The van der Waals surface area contributed by atoms with Crippen molar-refractivity contribution >= 4 is 29.8 Å². The van der Waals surface area contributed by atoms with E-state index in [4.69, 9.17) is 23.7 Å². The van der Waals surface area contributed by atoms with E-state index in [1.54, 1.807) is 39.0 Å². The summed E-state index contributed by atoms with van der Waals surface area (Å²) in [5.74, 6) is -2.75. The molecule has 2 aliphatic carbocycles. The van der Waals surface area contributed by atoms with Gasteiger partial charge in [0.2, 0.25) is 17.6 Å². The second-order valence-electron chi connectivity index (χ2n) is 16.7. The maximum absolute atomic E-state index is 13.9. The standard InChI is InChI=1S/C47H54N2O10/c1-46(2,3)58-42(52)22-20-36(29-50)49-41(51)23-24-48-44(53)33-27-39(56-45(54)32-12-10-11-30(25-32)17-18-31-19-21-37-38(26-31)55-37)43-40(28-33)57-47(59-43,34-13-6-4-7-14-34)35-15-8-5-9-16-35/h4-18,25,28,31,36-40,43,50H,19-24,26-27,29H2,1-3H3,(H,48,53)(H,49,51)/t31?,36-,37?,38?,39+,40+,43-/m0/s1. The van der Waals surface area contributed by atoms with Gasteiger partial charge >= 0.3 is 11.9 Å². The van der Waals surface area contributed by atoms with Crippen LogP contribution >= 0.6 is 0 Å². The Balaban J connectivity index is 1.05. The summed E-state index contributed by atoms with van der Waals surface area (Å²) >= 11 is 0. The molecule has 0 radical (unpaired) electrons. The van der Waals surface area contributed by atoms with Gasteiger partial charge in [-0.25, -0.2) is 4.79 Å². The van der Waals surface area contributed by atoms with Gasteiger partial charge < -0.3 is 39.4 Å². The zero-order valence-electron chi connectivity index (χ0n) is 33.8. The topological polar surface area (TPSA) is 162 Å². The van der Waals surface area contributed by atoms with Gasteiger partial charge in [0.15, 0.2) is 0 Å². The first-order valence-electron chi connectivity index (χ1n) is 20.6. The van der Waals surface area contributed by atoms with Crippen molar-refractivity contribution in [2.45, 2.75) is 114 Å². The number of nitrogens with one attached hydrogen (secondary N) is 2. The minimum atomic E-state index is -1.36. The summed E-state index contributed by atoms with van der Waals surface area (Å²) < 4.78 is 30.9. The second kappa shape index (κ2) is 18.4. The highest BCUT2D eigenvalue weighted by molar-refractivity contribution is 5.94. The van der Waals surface area contributed by atoms with E-state index in [-0.39, 0.29) is 38.8 Å². The summed E-state index contributed by atoms with van der Waals surface area (Å²) in [5, 5.41) is 15.3. The number of carbonyl (C=O) groups is 4. The molecule has 3 unspecified atom stereocenters. The molecule has 0 aromatic heterocycles. The fourth-order valence-electron chi connectivity index (χ4n) is 8.02. The summed E-state index contributed by atoms with van der Waals surface area (Å²) in [4.78, 5) is 52.6. The number of allylic oxidation sites excluding steroid dienone is 1. The van der Waals surface area contributed by atoms with Gasteiger partial charge in [0.05, 0.1) is 30.4 Å². The van der Waals surface area contributed by atoms with Gasteiger partial charge in [0.25, 0.3) is 0 Å². The van der Waals surface area contributed by atoms with Crippen LogP contribution in [0.1, 0.15) is 92.8 Å². The van der Waals surface area contributed by atoms with Crippen molar-refractivity contribution in [3.8, 4) is 0 Å². The summed E-state index contributed by atoms with van der Waals surface area (Å²) in [6, 6.07) is 25.7. The number of hydrogen-bond acceptors (Lipinski definition) is 10. The maximum Gasteiger partial charge on any atom is 0.338 e. The van der Waals surface area contributed by atoms with Gasteiger partial charge in [-0.1, -0.05) is 84.9 Å². The Labute approximate surface area is 345 Å². The molecule has 12 nitrogen and oxygen atoms in total. The van der Waals surface area contributed by atoms with E-state index in [9.17, 15) is 24.3 Å². The van der Waals surface area contributed by atoms with E-state index in [2.05, 4.69) is 16.7 Å². The van der Waals surface area contributed by atoms with Crippen LogP contribution in [0.15, 0.2) is 103 Å². The molecule has 12 heteroatoms. The number of fused-ring (bicyclic) bond motifs is 2. The minimum Gasteiger partial charge on any atom is -0.460 e. The van der Waals surface area contributed by atoms with Gasteiger partial charge in [-0.3, -0.25) is 14.4 Å². The molecule has 3 aromatic carbocycles. The molecular formula is C47H54N2O10. The molecule has 1 saturated carbocycles. The van der Waals surface area contributed by atoms with Gasteiger partial charge in [-0.15, -0.1) is 0 Å². The smallest absolute Gasteiger partial charge is 0.338 e. The Morgan fingerprint density at radius 2 is 1.64 bits per heavy atom. The summed E-state index contributed by atoms with van der Waals surface area (Å²) in [6.07, 6.45) is 7.68. The number of hydrogen-bond donors (Lipinski definition) is 3. The van der Waals surface area contributed by atoms with Crippen LogP contribution in [0.25, 0.3) is 6.08 Å². The third kappa shape index (κ3) is 10.7. The molecule has 2 saturated heterocycles. The Morgan fingerprint density at radius 1 is 0.915 bits per heavy atom. The third-order valence-corrected chi connectivity index (χ3v) is 11.0. The molecular weight excluding hydrogens is 753 g/mol. The first-order valence-corrected chi connectivity index (χ1v) is 20.6. The molecule has 7 atom stereocenters. The molecule has 3 N–H and O–H groups in total. The molecule has 7 rings (SSSR count). The SMILES string of the molecule is CC(C)(C)OC(=O)CC[C@@H](CO)NC(=O)CCNC(=O)C1=C[C@H]2OC(c3ccccc3)(c3ccccc3)O[C@H]2[C@H](OC(=O)c2cccc(C=CC3CCC4OC4C3)c2)C1. The lowest BCUT2D eigenvalue weighted by molar-refractivity contribution is -0.157. The molecule has 2 amide bonds. The normalized spacial score (nSPS) is 24.8. The fraction of sp³-hybridized carbons (Fsp3) is 0.447. The fourth-order valence-corrected chi connectivity index (χ4v) is 8.02. The van der Waals surface area contributed by atoms with E-state index in [0.29, 0.717) is 29.3 Å². The molecule has 3 aromatic rings. The van der Waals surface area contributed by atoms with E-state index in [1.807, 2.05) is 78.9 Å². The van der Waals surface area contributed by atoms with Crippen molar-refractivity contribution in [3.63, 3.8) is 0 Å². The molecule has 4 aliphatic rings. The number of aliphatic hydroxyl groups excluding tert-OH is 1. The van der Waals surface area contributed by atoms with Crippen molar-refractivity contribution in [2.24, 2.45) is 5.92 Å². The van der Waals surface area contributed by atoms with Gasteiger partial charge in [-0.2, -0.15) is 0 Å². The predicted octanol–water partition coefficient (Wildman–Crippen LogP) is 5.91. The zero-order valence-corrected chi connectivity index (χ0v) is 33.8. The van der Waals surface area contributed by atoms with Crippen LogP contribution in [0.5, 0.6) is 0 Å². The number of esters is 2. The Morgan fingerprint density at radius 3 is 2.32 bits per heavy atom. The quantitative estimate of drug-likeness (QED) is 0.124. The number of benzene rings is 3. The number of rotatable bonds is 15. The molecule has 2 aliphatic heterocycles. The van der Waals surface area contributed by atoms with Gasteiger partial charge in [-0.05, 0) is 76.1 Å².